The van der Waals surface area contributed by atoms with E-state index in [1.54, 1.807) is 32.9 Å². The van der Waals surface area contributed by atoms with E-state index in [1.807, 2.05) is 74.5 Å². The van der Waals surface area contributed by atoms with Crippen molar-refractivity contribution in [3.05, 3.63) is 131 Å². The van der Waals surface area contributed by atoms with Crippen LogP contribution in [0.2, 0.25) is 10.0 Å². The van der Waals surface area contributed by atoms with E-state index in [0.29, 0.717) is 27.7 Å². The maximum Gasteiger partial charge on any atom is 0.410 e. The third-order valence-electron chi connectivity index (χ3n) is 7.69. The molecule has 0 radical (unpaired) electrons. The van der Waals surface area contributed by atoms with Crippen LogP contribution in [0.3, 0.4) is 0 Å². The van der Waals surface area contributed by atoms with Gasteiger partial charge in [0.2, 0.25) is 0 Å². The van der Waals surface area contributed by atoms with Crippen molar-refractivity contribution in [3.63, 3.8) is 0 Å². The lowest BCUT2D eigenvalue weighted by atomic mass is 9.85. The van der Waals surface area contributed by atoms with Gasteiger partial charge in [-0.2, -0.15) is 9.78 Å². The number of esters is 1. The number of hydrogen-bond donors (Lipinski definition) is 1. The molecule has 0 saturated heterocycles. The highest BCUT2D eigenvalue weighted by Crippen LogP contribution is 2.44. The molecule has 2 aromatic heterocycles. The topological polar surface area (TPSA) is 136 Å². The van der Waals surface area contributed by atoms with E-state index in [1.165, 1.54) is 16.2 Å². The van der Waals surface area contributed by atoms with E-state index in [-0.39, 0.29) is 35.3 Å². The number of halogens is 2. The number of amides is 1. The van der Waals surface area contributed by atoms with Gasteiger partial charge >= 0.3 is 17.8 Å². The maximum atomic E-state index is 13.3. The first-order valence-electron chi connectivity index (χ1n) is 16.0. The van der Waals surface area contributed by atoms with E-state index in [2.05, 4.69) is 10.1 Å². The summed E-state index contributed by atoms with van der Waals surface area (Å²) in [6, 6.07) is 22.1. The van der Waals surface area contributed by atoms with Crippen LogP contribution in [0, 0.1) is 0 Å². The number of hydrogen-bond acceptors (Lipinski definition) is 9. The molecule has 0 aliphatic rings. The molecule has 266 valence electrons. The predicted octanol–water partition coefficient (Wildman–Crippen LogP) is 7.20. The second-order valence-corrected chi connectivity index (χ2v) is 15.1. The Morgan fingerprint density at radius 3 is 2.18 bits per heavy atom. The lowest BCUT2D eigenvalue weighted by Gasteiger charge is -2.27. The SMILES string of the molecule is CC(C)(C)OC(=O)N(CCOC(=O)Cc1sc(C(C)(C)c2c(Cl)cc(-n3ncc(=O)[nH]c3=O)cc2Cl)nc1-c1ccccc1)Cc1ccccc1. The summed E-state index contributed by atoms with van der Waals surface area (Å²) in [6.45, 7) is 9.62. The highest BCUT2D eigenvalue weighted by atomic mass is 35.5. The number of carbonyl (C=O) groups is 2. The number of ether oxygens (including phenoxy) is 2. The smallest absolute Gasteiger partial charge is 0.410 e. The van der Waals surface area contributed by atoms with Crippen molar-refractivity contribution < 1.29 is 19.1 Å². The summed E-state index contributed by atoms with van der Waals surface area (Å²) in [7, 11) is 0. The van der Waals surface area contributed by atoms with Gasteiger partial charge in [0, 0.05) is 38.0 Å². The number of nitrogens with one attached hydrogen (secondary N) is 1. The minimum atomic E-state index is -0.849. The van der Waals surface area contributed by atoms with Gasteiger partial charge in [-0.15, -0.1) is 11.3 Å². The van der Waals surface area contributed by atoms with Gasteiger partial charge in [-0.25, -0.2) is 14.6 Å². The second kappa shape index (κ2) is 15.6. The fourth-order valence-electron chi connectivity index (χ4n) is 5.30. The van der Waals surface area contributed by atoms with Crippen molar-refractivity contribution in [1.82, 2.24) is 24.6 Å². The minimum absolute atomic E-state index is 0.0342. The Labute approximate surface area is 308 Å². The van der Waals surface area contributed by atoms with Crippen molar-refractivity contribution in [2.75, 3.05) is 13.2 Å². The van der Waals surface area contributed by atoms with Crippen molar-refractivity contribution in [3.8, 4) is 16.9 Å². The van der Waals surface area contributed by atoms with Gasteiger partial charge in [0.25, 0.3) is 5.56 Å². The average Bonchev–Trinajstić information content (AvgIpc) is 3.48. The normalized spacial score (nSPS) is 11.7. The first-order valence-corrected chi connectivity index (χ1v) is 17.6. The first-order chi connectivity index (χ1) is 24.1. The molecule has 0 saturated carbocycles. The number of H-pyrrole nitrogens is 1. The third kappa shape index (κ3) is 9.32. The molecule has 51 heavy (non-hydrogen) atoms. The average molecular weight is 751 g/mol. The zero-order valence-corrected chi connectivity index (χ0v) is 31.1. The van der Waals surface area contributed by atoms with E-state index >= 15 is 0 Å². The summed E-state index contributed by atoms with van der Waals surface area (Å²) in [5.74, 6) is -0.483. The monoisotopic (exact) mass is 749 g/mol. The van der Waals surface area contributed by atoms with Gasteiger partial charge in [0.05, 0.1) is 24.3 Å². The Hall–Kier alpha value is -4.78. The Balaban J connectivity index is 1.38. The number of aromatic amines is 1. The summed E-state index contributed by atoms with van der Waals surface area (Å²) >= 11 is 15.0. The van der Waals surface area contributed by atoms with E-state index in [4.69, 9.17) is 37.7 Å². The van der Waals surface area contributed by atoms with Gasteiger partial charge in [-0.1, -0.05) is 83.9 Å². The van der Waals surface area contributed by atoms with Crippen LogP contribution in [0.1, 0.15) is 55.6 Å². The highest BCUT2D eigenvalue weighted by Gasteiger charge is 2.34. The number of thiazole rings is 1. The van der Waals surface area contributed by atoms with Crippen LogP contribution in [0.4, 0.5) is 4.79 Å². The molecule has 0 unspecified atom stereocenters. The fourth-order valence-corrected chi connectivity index (χ4v) is 7.43. The van der Waals surface area contributed by atoms with Crippen molar-refractivity contribution in [2.45, 2.75) is 58.6 Å². The third-order valence-corrected chi connectivity index (χ3v) is 9.66. The summed E-state index contributed by atoms with van der Waals surface area (Å²) in [5, 5.41) is 5.04. The lowest BCUT2D eigenvalue weighted by Crippen LogP contribution is -2.38. The van der Waals surface area contributed by atoms with E-state index < -0.39 is 34.3 Å². The Morgan fingerprint density at radius 2 is 1.57 bits per heavy atom. The van der Waals surface area contributed by atoms with Crippen LogP contribution in [0.25, 0.3) is 16.9 Å². The van der Waals surface area contributed by atoms with Crippen LogP contribution < -0.4 is 11.2 Å². The second-order valence-electron chi connectivity index (χ2n) is 13.2. The fraction of sp³-hybridized carbons (Fsp3) is 0.297. The van der Waals surface area contributed by atoms with Gasteiger partial charge in [0.1, 0.15) is 23.4 Å². The standard InChI is InChI=1S/C37H37Cl2N5O6S/c1-36(2,3)50-35(48)43(22-23-12-8-6-9-13-23)16-17-49-30(46)20-28-32(24-14-10-7-11-15-24)42-33(51-28)37(4,5)31-26(38)18-25(19-27(31)39)44-34(47)41-29(45)21-40-44/h6-15,18-19,21H,16-17,20,22H2,1-5H3,(H,41,45,47). The zero-order valence-electron chi connectivity index (χ0n) is 28.7. The number of nitrogens with zero attached hydrogens (tertiary/aromatic N) is 4. The van der Waals surface area contributed by atoms with Crippen LogP contribution in [0.5, 0.6) is 0 Å². The molecule has 0 aliphatic heterocycles. The number of rotatable bonds is 11. The van der Waals surface area contributed by atoms with Crippen molar-refractivity contribution in [2.24, 2.45) is 0 Å². The van der Waals surface area contributed by atoms with Crippen molar-refractivity contribution >= 4 is 46.6 Å². The maximum absolute atomic E-state index is 13.3. The molecule has 0 aliphatic carbocycles. The van der Waals surface area contributed by atoms with E-state index in [0.717, 1.165) is 22.0 Å². The van der Waals surface area contributed by atoms with Crippen LogP contribution in [0.15, 0.2) is 88.6 Å². The number of aromatic nitrogens is 4. The summed E-state index contributed by atoms with van der Waals surface area (Å²) in [4.78, 5) is 59.6. The Morgan fingerprint density at radius 1 is 0.941 bits per heavy atom. The summed E-state index contributed by atoms with van der Waals surface area (Å²) in [6.07, 6.45) is 0.413. The molecule has 0 atom stereocenters. The molecule has 11 nitrogen and oxygen atoms in total. The first kappa shape index (κ1) is 37.5. The largest absolute Gasteiger partial charge is 0.464 e. The molecule has 14 heteroatoms. The molecule has 0 spiro atoms. The van der Waals surface area contributed by atoms with Gasteiger partial charge < -0.3 is 14.4 Å². The lowest BCUT2D eigenvalue weighted by molar-refractivity contribution is -0.143. The van der Waals surface area contributed by atoms with Gasteiger partial charge in [-0.05, 0) is 52.3 Å². The minimum Gasteiger partial charge on any atom is -0.464 e. The van der Waals surface area contributed by atoms with Crippen LogP contribution in [-0.2, 0) is 32.6 Å². The number of carbonyl (C=O) groups excluding carboxylic acids is 2. The molecular weight excluding hydrogens is 713 g/mol. The molecule has 1 amide bonds. The quantitative estimate of drug-likeness (QED) is 0.140. The molecule has 5 aromatic rings. The summed E-state index contributed by atoms with van der Waals surface area (Å²) < 4.78 is 12.3. The molecule has 5 rings (SSSR count). The zero-order chi connectivity index (χ0) is 36.9. The Kier molecular flexibility index (Phi) is 11.5. The van der Waals surface area contributed by atoms with Crippen LogP contribution in [-0.4, -0.2) is 55.5 Å². The van der Waals surface area contributed by atoms with Gasteiger partial charge in [0.15, 0.2) is 0 Å². The number of benzene rings is 3. The van der Waals surface area contributed by atoms with E-state index in [9.17, 15) is 19.2 Å². The molecule has 0 bridgehead atoms. The molecule has 3 aromatic carbocycles. The predicted molar refractivity (Wildman–Crippen MR) is 198 cm³/mol. The molecule has 2 heterocycles. The molecule has 1 N–H and O–H groups in total. The molecular formula is C37H37Cl2N5O6S. The highest BCUT2D eigenvalue weighted by molar-refractivity contribution is 7.12. The Bertz CT molecular complexity index is 2120. The van der Waals surface area contributed by atoms with Crippen LogP contribution >= 0.6 is 34.5 Å². The van der Waals surface area contributed by atoms with Crippen molar-refractivity contribution in [1.29, 1.82) is 0 Å². The van der Waals surface area contributed by atoms with Gasteiger partial charge in [-0.3, -0.25) is 14.6 Å². The molecule has 0 fully saturated rings. The summed E-state index contributed by atoms with van der Waals surface area (Å²) in [5.41, 5.74) is 0.264.